The molecule has 0 saturated heterocycles. The monoisotopic (exact) mass is 352 g/mol. The average molecular weight is 352 g/mol. The Morgan fingerprint density at radius 2 is 1.85 bits per heavy atom. The fourth-order valence-electron chi connectivity index (χ4n) is 3.39. The third-order valence-electron chi connectivity index (χ3n) is 4.91. The molecular formula is C21H28N4O. The van der Waals surface area contributed by atoms with Gasteiger partial charge >= 0.3 is 0 Å². The zero-order valence-corrected chi connectivity index (χ0v) is 15.7. The zero-order valence-electron chi connectivity index (χ0n) is 15.7. The van der Waals surface area contributed by atoms with Crippen molar-refractivity contribution < 1.29 is 4.79 Å². The second-order valence-corrected chi connectivity index (χ2v) is 7.28. The van der Waals surface area contributed by atoms with Gasteiger partial charge in [0.15, 0.2) is 0 Å². The van der Waals surface area contributed by atoms with Gasteiger partial charge in [0.25, 0.3) is 5.91 Å². The lowest BCUT2D eigenvalue weighted by atomic mass is 9.96. The number of benzene rings is 1. The van der Waals surface area contributed by atoms with Crippen molar-refractivity contribution in [2.75, 3.05) is 5.32 Å². The van der Waals surface area contributed by atoms with E-state index in [9.17, 15) is 4.79 Å². The van der Waals surface area contributed by atoms with Crippen molar-refractivity contribution in [3.63, 3.8) is 0 Å². The minimum Gasteiger partial charge on any atom is -0.366 e. The second-order valence-electron chi connectivity index (χ2n) is 7.28. The van der Waals surface area contributed by atoms with Crippen LogP contribution in [0.3, 0.4) is 0 Å². The van der Waals surface area contributed by atoms with Crippen molar-refractivity contribution in [2.24, 2.45) is 0 Å². The van der Waals surface area contributed by atoms with E-state index in [0.717, 1.165) is 11.4 Å². The third-order valence-corrected chi connectivity index (χ3v) is 4.91. The topological polar surface area (TPSA) is 58.1 Å². The Hall–Kier alpha value is -2.43. The number of hydrogen-bond donors (Lipinski definition) is 1. The Balaban J connectivity index is 1.66. The number of anilines is 1. The molecule has 5 nitrogen and oxygen atoms in total. The van der Waals surface area contributed by atoms with E-state index < -0.39 is 0 Å². The Morgan fingerprint density at radius 3 is 2.46 bits per heavy atom. The quantitative estimate of drug-likeness (QED) is 0.843. The fourth-order valence-corrected chi connectivity index (χ4v) is 3.39. The lowest BCUT2D eigenvalue weighted by molar-refractivity contribution is 0.0684. The first-order chi connectivity index (χ1) is 12.6. The lowest BCUT2D eigenvalue weighted by Gasteiger charge is -2.26. The summed E-state index contributed by atoms with van der Waals surface area (Å²) in [5, 5.41) is 3.44. The molecule has 1 amide bonds. The Kier molecular flexibility index (Phi) is 6.21. The predicted molar refractivity (Wildman–Crippen MR) is 104 cm³/mol. The van der Waals surface area contributed by atoms with Gasteiger partial charge in [-0.25, -0.2) is 9.97 Å². The maximum Gasteiger partial charge on any atom is 0.274 e. The zero-order chi connectivity index (χ0) is 18.4. The SMILES string of the molecule is CC(C)N(Cc1ccccc1)C(=O)c1cnc(NC2CCCCC2)cn1. The van der Waals surface area contributed by atoms with Gasteiger partial charge in [-0.2, -0.15) is 0 Å². The molecule has 26 heavy (non-hydrogen) atoms. The summed E-state index contributed by atoms with van der Waals surface area (Å²) in [6.07, 6.45) is 9.50. The smallest absolute Gasteiger partial charge is 0.274 e. The van der Waals surface area contributed by atoms with Gasteiger partial charge in [0.1, 0.15) is 11.5 Å². The molecule has 1 fully saturated rings. The van der Waals surface area contributed by atoms with Crippen LogP contribution in [0, 0.1) is 0 Å². The second kappa shape index (κ2) is 8.79. The molecule has 1 N–H and O–H groups in total. The summed E-state index contributed by atoms with van der Waals surface area (Å²) < 4.78 is 0. The van der Waals surface area contributed by atoms with Crippen LogP contribution in [-0.2, 0) is 6.54 Å². The van der Waals surface area contributed by atoms with E-state index in [1.54, 1.807) is 12.4 Å². The van der Waals surface area contributed by atoms with E-state index in [2.05, 4.69) is 15.3 Å². The molecule has 1 aliphatic carbocycles. The molecule has 0 unspecified atom stereocenters. The summed E-state index contributed by atoms with van der Waals surface area (Å²) in [6, 6.07) is 10.6. The Labute approximate surface area is 155 Å². The Morgan fingerprint density at radius 1 is 1.12 bits per heavy atom. The van der Waals surface area contributed by atoms with Crippen LogP contribution in [0.5, 0.6) is 0 Å². The number of amides is 1. The van der Waals surface area contributed by atoms with Gasteiger partial charge in [-0.3, -0.25) is 4.79 Å². The highest BCUT2D eigenvalue weighted by Crippen LogP contribution is 2.20. The fraction of sp³-hybridized carbons (Fsp3) is 0.476. The highest BCUT2D eigenvalue weighted by atomic mass is 16.2. The van der Waals surface area contributed by atoms with Gasteiger partial charge in [-0.15, -0.1) is 0 Å². The summed E-state index contributed by atoms with van der Waals surface area (Å²) in [6.45, 7) is 4.61. The third kappa shape index (κ3) is 4.81. The summed E-state index contributed by atoms with van der Waals surface area (Å²) in [5.74, 6) is 0.674. The van der Waals surface area contributed by atoms with Crippen molar-refractivity contribution >= 4 is 11.7 Å². The first-order valence-corrected chi connectivity index (χ1v) is 9.57. The average Bonchev–Trinajstić information content (AvgIpc) is 2.67. The molecule has 1 heterocycles. The van der Waals surface area contributed by atoms with Gasteiger partial charge in [0.05, 0.1) is 12.4 Å². The van der Waals surface area contributed by atoms with E-state index in [1.165, 1.54) is 32.1 Å². The summed E-state index contributed by atoms with van der Waals surface area (Å²) in [7, 11) is 0. The van der Waals surface area contributed by atoms with Gasteiger partial charge in [0, 0.05) is 18.6 Å². The van der Waals surface area contributed by atoms with E-state index >= 15 is 0 Å². The minimum absolute atomic E-state index is 0.0828. The number of carbonyl (C=O) groups excluding carboxylic acids is 1. The number of nitrogens with zero attached hydrogens (tertiary/aromatic N) is 3. The largest absolute Gasteiger partial charge is 0.366 e. The Bertz CT molecular complexity index is 694. The van der Waals surface area contributed by atoms with E-state index in [1.807, 2.05) is 49.1 Å². The van der Waals surface area contributed by atoms with Gasteiger partial charge in [-0.1, -0.05) is 49.6 Å². The first-order valence-electron chi connectivity index (χ1n) is 9.57. The first kappa shape index (κ1) is 18.4. The van der Waals surface area contributed by atoms with E-state index in [0.29, 0.717) is 18.3 Å². The van der Waals surface area contributed by atoms with Gasteiger partial charge < -0.3 is 10.2 Å². The molecule has 1 aromatic carbocycles. The molecule has 138 valence electrons. The maximum atomic E-state index is 12.9. The maximum absolute atomic E-state index is 12.9. The molecule has 5 heteroatoms. The number of aromatic nitrogens is 2. The molecule has 0 spiro atoms. The molecule has 0 aliphatic heterocycles. The van der Waals surface area contributed by atoms with Crippen molar-refractivity contribution in [1.82, 2.24) is 14.9 Å². The number of hydrogen-bond acceptors (Lipinski definition) is 4. The van der Waals surface area contributed by atoms with Gasteiger partial charge in [-0.05, 0) is 32.3 Å². The number of nitrogens with one attached hydrogen (secondary N) is 1. The van der Waals surface area contributed by atoms with E-state index in [-0.39, 0.29) is 11.9 Å². The molecule has 0 atom stereocenters. The van der Waals surface area contributed by atoms with Crippen LogP contribution in [0.1, 0.15) is 62.0 Å². The normalized spacial score (nSPS) is 15.0. The van der Waals surface area contributed by atoms with Crippen LogP contribution < -0.4 is 5.32 Å². The predicted octanol–water partition coefficient (Wildman–Crippen LogP) is 4.27. The van der Waals surface area contributed by atoms with Crippen LogP contribution in [0.15, 0.2) is 42.7 Å². The van der Waals surface area contributed by atoms with Crippen molar-refractivity contribution in [1.29, 1.82) is 0 Å². The summed E-state index contributed by atoms with van der Waals surface area (Å²) >= 11 is 0. The van der Waals surface area contributed by atoms with Crippen molar-refractivity contribution in [3.05, 3.63) is 54.0 Å². The van der Waals surface area contributed by atoms with Crippen LogP contribution in [0.4, 0.5) is 5.82 Å². The van der Waals surface area contributed by atoms with E-state index in [4.69, 9.17) is 0 Å². The molecular weight excluding hydrogens is 324 g/mol. The molecule has 0 bridgehead atoms. The highest BCUT2D eigenvalue weighted by Gasteiger charge is 2.21. The van der Waals surface area contributed by atoms with Crippen LogP contribution in [0.2, 0.25) is 0 Å². The van der Waals surface area contributed by atoms with Crippen molar-refractivity contribution in [2.45, 2.75) is 64.6 Å². The molecule has 0 radical (unpaired) electrons. The van der Waals surface area contributed by atoms with Crippen LogP contribution >= 0.6 is 0 Å². The molecule has 1 aliphatic rings. The molecule has 2 aromatic rings. The minimum atomic E-state index is -0.0828. The lowest BCUT2D eigenvalue weighted by Crippen LogP contribution is -2.37. The van der Waals surface area contributed by atoms with Crippen molar-refractivity contribution in [3.8, 4) is 0 Å². The molecule has 3 rings (SSSR count). The molecule has 1 saturated carbocycles. The molecule has 1 aromatic heterocycles. The number of rotatable bonds is 6. The summed E-state index contributed by atoms with van der Waals surface area (Å²) in [5.41, 5.74) is 1.50. The van der Waals surface area contributed by atoms with Gasteiger partial charge in [0.2, 0.25) is 0 Å². The van der Waals surface area contributed by atoms with Crippen LogP contribution in [-0.4, -0.2) is 32.9 Å². The highest BCUT2D eigenvalue weighted by molar-refractivity contribution is 5.92. The summed E-state index contributed by atoms with van der Waals surface area (Å²) in [4.78, 5) is 23.5. The standard InChI is InChI=1S/C21H28N4O/c1-16(2)25(15-17-9-5-3-6-10-17)21(26)19-13-23-20(14-22-19)24-18-11-7-4-8-12-18/h3,5-6,9-10,13-14,16,18H,4,7-8,11-12,15H2,1-2H3,(H,23,24). The number of carbonyl (C=O) groups is 1. The van der Waals surface area contributed by atoms with Crippen LogP contribution in [0.25, 0.3) is 0 Å².